The van der Waals surface area contributed by atoms with Crippen molar-refractivity contribution in [3.8, 4) is 0 Å². The first-order valence-corrected chi connectivity index (χ1v) is 8.08. The van der Waals surface area contributed by atoms with Gasteiger partial charge in [0, 0.05) is 18.2 Å². The molecule has 2 saturated carbocycles. The quantitative estimate of drug-likeness (QED) is 0.677. The molecule has 0 saturated heterocycles. The lowest BCUT2D eigenvalue weighted by molar-refractivity contribution is -0.384. The van der Waals surface area contributed by atoms with E-state index >= 15 is 0 Å². The first kappa shape index (κ1) is 15.3. The molecule has 22 heavy (non-hydrogen) atoms. The van der Waals surface area contributed by atoms with Gasteiger partial charge < -0.3 is 5.32 Å². The average Bonchev–Trinajstić information content (AvgIpc) is 3.09. The predicted molar refractivity (Wildman–Crippen MR) is 84.0 cm³/mol. The molecule has 0 heterocycles. The van der Waals surface area contributed by atoms with Crippen LogP contribution in [0.25, 0.3) is 0 Å². The van der Waals surface area contributed by atoms with Crippen LogP contribution < -0.4 is 5.32 Å². The molecule has 0 aliphatic heterocycles. The van der Waals surface area contributed by atoms with Crippen molar-refractivity contribution in [3.63, 3.8) is 0 Å². The smallest absolute Gasteiger partial charge is 0.270 e. The Morgan fingerprint density at radius 3 is 2.73 bits per heavy atom. The molecular formula is C16H19ClN2O3. The maximum absolute atomic E-state index is 12.4. The average molecular weight is 323 g/mol. The van der Waals surface area contributed by atoms with Crippen LogP contribution >= 0.6 is 11.6 Å². The number of carbonyl (C=O) groups excluding carboxylic acids is 1. The lowest BCUT2D eigenvalue weighted by Gasteiger charge is -2.28. The second-order valence-electron chi connectivity index (χ2n) is 6.52. The Balaban J connectivity index is 1.68. The summed E-state index contributed by atoms with van der Waals surface area (Å²) in [7, 11) is 0. The standard InChI is InChI=1S/C16H19ClN2O3/c1-9(14-7-10-2-3-11(14)6-10)18-16(20)13-5-4-12(19(21)22)8-15(13)17/h4-5,8-11,14H,2-3,6-7H2,1H3,(H,18,20)/t9-,10+,11+,14+/m1/s1. The fourth-order valence-electron chi connectivity index (χ4n) is 4.10. The number of fused-ring (bicyclic) bond motifs is 2. The van der Waals surface area contributed by atoms with E-state index in [-0.39, 0.29) is 22.7 Å². The van der Waals surface area contributed by atoms with Crippen LogP contribution in [0, 0.1) is 27.9 Å². The molecule has 2 fully saturated rings. The summed E-state index contributed by atoms with van der Waals surface area (Å²) in [6.45, 7) is 2.04. The molecule has 0 radical (unpaired) electrons. The largest absolute Gasteiger partial charge is 0.349 e. The summed E-state index contributed by atoms with van der Waals surface area (Å²) < 4.78 is 0. The van der Waals surface area contributed by atoms with Gasteiger partial charge in [0.15, 0.2) is 0 Å². The zero-order valence-corrected chi connectivity index (χ0v) is 13.2. The monoisotopic (exact) mass is 322 g/mol. The summed E-state index contributed by atoms with van der Waals surface area (Å²) in [5, 5.41) is 13.8. The van der Waals surface area contributed by atoms with E-state index in [1.807, 2.05) is 6.92 Å². The number of nitrogens with one attached hydrogen (secondary N) is 1. The number of benzene rings is 1. The Labute approximate surface area is 134 Å². The van der Waals surface area contributed by atoms with Gasteiger partial charge in [-0.05, 0) is 50.0 Å². The number of nitro benzene ring substituents is 1. The van der Waals surface area contributed by atoms with E-state index in [2.05, 4.69) is 5.32 Å². The van der Waals surface area contributed by atoms with Crippen LogP contribution in [0.15, 0.2) is 18.2 Å². The number of non-ortho nitro benzene ring substituents is 1. The summed E-state index contributed by atoms with van der Waals surface area (Å²) in [6.07, 6.45) is 5.09. The van der Waals surface area contributed by atoms with Gasteiger partial charge in [0.1, 0.15) is 0 Å². The number of hydrogen-bond donors (Lipinski definition) is 1. The zero-order chi connectivity index (χ0) is 15.9. The van der Waals surface area contributed by atoms with Crippen molar-refractivity contribution in [2.24, 2.45) is 17.8 Å². The predicted octanol–water partition coefficient (Wildman–Crippen LogP) is 3.80. The fourth-order valence-corrected chi connectivity index (χ4v) is 4.36. The second kappa shape index (κ2) is 5.88. The van der Waals surface area contributed by atoms with Gasteiger partial charge in [0.05, 0.1) is 15.5 Å². The van der Waals surface area contributed by atoms with Gasteiger partial charge in [-0.25, -0.2) is 0 Å². The first-order chi connectivity index (χ1) is 10.5. The molecular weight excluding hydrogens is 304 g/mol. The highest BCUT2D eigenvalue weighted by Gasteiger charge is 2.42. The van der Waals surface area contributed by atoms with Crippen molar-refractivity contribution in [1.82, 2.24) is 5.32 Å². The molecule has 0 aromatic heterocycles. The summed E-state index contributed by atoms with van der Waals surface area (Å²) in [5.74, 6) is 1.85. The van der Waals surface area contributed by atoms with E-state index in [1.165, 1.54) is 43.9 Å². The van der Waals surface area contributed by atoms with Crippen LogP contribution in [0.4, 0.5) is 5.69 Å². The van der Waals surface area contributed by atoms with Crippen molar-refractivity contribution >= 4 is 23.2 Å². The van der Waals surface area contributed by atoms with Gasteiger partial charge in [-0.2, -0.15) is 0 Å². The van der Waals surface area contributed by atoms with Gasteiger partial charge in [0.2, 0.25) is 0 Å². The molecule has 6 heteroatoms. The third-order valence-electron chi connectivity index (χ3n) is 5.20. The van der Waals surface area contributed by atoms with E-state index in [1.54, 1.807) is 0 Å². The highest BCUT2D eigenvalue weighted by molar-refractivity contribution is 6.34. The second-order valence-corrected chi connectivity index (χ2v) is 6.93. The van der Waals surface area contributed by atoms with Crippen molar-refractivity contribution in [2.75, 3.05) is 0 Å². The number of nitrogens with zero attached hydrogens (tertiary/aromatic N) is 1. The minimum atomic E-state index is -0.522. The Morgan fingerprint density at radius 2 is 2.18 bits per heavy atom. The van der Waals surface area contributed by atoms with E-state index in [0.29, 0.717) is 11.5 Å². The topological polar surface area (TPSA) is 72.2 Å². The van der Waals surface area contributed by atoms with Crippen molar-refractivity contribution in [1.29, 1.82) is 0 Å². The molecule has 2 aliphatic rings. The van der Waals surface area contributed by atoms with Crippen LogP contribution in [0.1, 0.15) is 43.0 Å². The Kier molecular flexibility index (Phi) is 4.08. The molecule has 1 amide bonds. The molecule has 3 rings (SSSR count). The molecule has 4 atom stereocenters. The third kappa shape index (κ3) is 2.82. The Hall–Kier alpha value is -1.62. The summed E-state index contributed by atoms with van der Waals surface area (Å²) in [6, 6.07) is 4.05. The molecule has 1 N–H and O–H groups in total. The summed E-state index contributed by atoms with van der Waals surface area (Å²) in [4.78, 5) is 22.5. The van der Waals surface area contributed by atoms with Gasteiger partial charge in [0.25, 0.3) is 11.6 Å². The number of halogens is 1. The molecule has 5 nitrogen and oxygen atoms in total. The third-order valence-corrected chi connectivity index (χ3v) is 5.51. The van der Waals surface area contributed by atoms with E-state index in [9.17, 15) is 14.9 Å². The van der Waals surface area contributed by atoms with Gasteiger partial charge >= 0.3 is 0 Å². The molecule has 2 aliphatic carbocycles. The number of amides is 1. The van der Waals surface area contributed by atoms with Gasteiger partial charge in [-0.15, -0.1) is 0 Å². The highest BCUT2D eigenvalue weighted by atomic mass is 35.5. The number of nitro groups is 1. The van der Waals surface area contributed by atoms with Crippen molar-refractivity contribution in [3.05, 3.63) is 38.9 Å². The van der Waals surface area contributed by atoms with Crippen LogP contribution in [-0.2, 0) is 0 Å². The number of hydrogen-bond acceptors (Lipinski definition) is 3. The number of rotatable bonds is 4. The lowest BCUT2D eigenvalue weighted by Crippen LogP contribution is -2.40. The molecule has 2 bridgehead atoms. The fraction of sp³-hybridized carbons (Fsp3) is 0.562. The lowest BCUT2D eigenvalue weighted by atomic mass is 9.84. The summed E-state index contributed by atoms with van der Waals surface area (Å²) >= 11 is 6.01. The minimum absolute atomic E-state index is 0.106. The molecule has 118 valence electrons. The number of carbonyl (C=O) groups is 1. The molecule has 1 aromatic carbocycles. The van der Waals surface area contributed by atoms with E-state index < -0.39 is 4.92 Å². The minimum Gasteiger partial charge on any atom is -0.349 e. The van der Waals surface area contributed by atoms with Crippen LogP contribution in [0.2, 0.25) is 5.02 Å². The SMILES string of the molecule is C[C@@H](NC(=O)c1ccc([N+](=O)[O-])cc1Cl)[C@@H]1C[C@H]2CC[C@H]1C2. The van der Waals surface area contributed by atoms with Gasteiger partial charge in [-0.3, -0.25) is 14.9 Å². The zero-order valence-electron chi connectivity index (χ0n) is 12.4. The Morgan fingerprint density at radius 1 is 1.41 bits per heavy atom. The normalized spacial score (nSPS) is 27.6. The first-order valence-electron chi connectivity index (χ1n) is 7.70. The molecule has 0 spiro atoms. The van der Waals surface area contributed by atoms with Crippen LogP contribution in [0.3, 0.4) is 0 Å². The maximum atomic E-state index is 12.4. The Bertz CT molecular complexity index is 619. The summed E-state index contributed by atoms with van der Waals surface area (Å²) in [5.41, 5.74) is 0.185. The van der Waals surface area contributed by atoms with Gasteiger partial charge in [-0.1, -0.05) is 18.0 Å². The van der Waals surface area contributed by atoms with Crippen molar-refractivity contribution in [2.45, 2.75) is 38.6 Å². The molecule has 1 aromatic rings. The van der Waals surface area contributed by atoms with Crippen LogP contribution in [0.5, 0.6) is 0 Å². The molecule has 0 unspecified atom stereocenters. The van der Waals surface area contributed by atoms with E-state index in [4.69, 9.17) is 11.6 Å². The highest BCUT2D eigenvalue weighted by Crippen LogP contribution is 2.49. The maximum Gasteiger partial charge on any atom is 0.270 e. The van der Waals surface area contributed by atoms with Crippen molar-refractivity contribution < 1.29 is 9.72 Å². The van der Waals surface area contributed by atoms with E-state index in [0.717, 1.165) is 11.8 Å². The van der Waals surface area contributed by atoms with Crippen LogP contribution in [-0.4, -0.2) is 16.9 Å².